The zero-order chi connectivity index (χ0) is 14.8. The minimum absolute atomic E-state index is 0. The van der Waals surface area contributed by atoms with Crippen LogP contribution in [0.4, 0.5) is 0 Å². The second kappa shape index (κ2) is 7.42. The highest BCUT2D eigenvalue weighted by Gasteiger charge is 2.31. The summed E-state index contributed by atoms with van der Waals surface area (Å²) in [5, 5.41) is 12.9. The topological polar surface area (TPSA) is 72.9 Å². The van der Waals surface area contributed by atoms with Crippen LogP contribution in [-0.2, 0) is 9.59 Å². The highest BCUT2D eigenvalue weighted by molar-refractivity contribution is 5.85. The van der Waals surface area contributed by atoms with E-state index in [2.05, 4.69) is 5.32 Å². The van der Waals surface area contributed by atoms with E-state index in [-0.39, 0.29) is 36.7 Å². The first-order chi connectivity index (χ1) is 9.37. The lowest BCUT2D eigenvalue weighted by Crippen LogP contribution is -2.54. The Kier molecular flexibility index (Phi) is 6.43. The molecule has 122 valence electrons. The van der Waals surface area contributed by atoms with Crippen LogP contribution >= 0.6 is 12.4 Å². The summed E-state index contributed by atoms with van der Waals surface area (Å²) in [7, 11) is 0. The van der Waals surface area contributed by atoms with Crippen molar-refractivity contribution in [3.8, 4) is 0 Å². The van der Waals surface area contributed by atoms with Gasteiger partial charge in [0.1, 0.15) is 0 Å². The van der Waals surface area contributed by atoms with Gasteiger partial charge in [-0.05, 0) is 33.2 Å². The molecule has 2 rings (SSSR count). The number of amides is 2. The molecule has 21 heavy (non-hydrogen) atoms. The van der Waals surface area contributed by atoms with E-state index in [1.54, 1.807) is 18.7 Å². The second-order valence-corrected chi connectivity index (χ2v) is 6.34. The quantitative estimate of drug-likeness (QED) is 0.767. The fraction of sp³-hybridized carbons (Fsp3) is 0.857. The minimum Gasteiger partial charge on any atom is -0.390 e. The van der Waals surface area contributed by atoms with E-state index >= 15 is 0 Å². The Hall–Kier alpha value is -0.850. The van der Waals surface area contributed by atoms with Crippen molar-refractivity contribution in [1.29, 1.82) is 0 Å². The summed E-state index contributed by atoms with van der Waals surface area (Å²) in [5.74, 6) is 0.126. The molecule has 0 aliphatic carbocycles. The molecule has 2 N–H and O–H groups in total. The molecule has 0 saturated carbocycles. The molecule has 0 spiro atoms. The predicted molar refractivity (Wildman–Crippen MR) is 82.3 cm³/mol. The Balaban J connectivity index is 0.00000220. The van der Waals surface area contributed by atoms with Crippen LogP contribution < -0.4 is 5.32 Å². The van der Waals surface area contributed by atoms with Crippen LogP contribution in [0.1, 0.15) is 33.1 Å². The van der Waals surface area contributed by atoms with Crippen molar-refractivity contribution in [3.63, 3.8) is 0 Å². The molecule has 2 aliphatic heterocycles. The number of piperazine rings is 1. The van der Waals surface area contributed by atoms with Gasteiger partial charge >= 0.3 is 0 Å². The van der Waals surface area contributed by atoms with E-state index in [0.29, 0.717) is 26.2 Å². The molecule has 1 atom stereocenters. The monoisotopic (exact) mass is 319 g/mol. The van der Waals surface area contributed by atoms with Gasteiger partial charge in [0.2, 0.25) is 11.8 Å². The van der Waals surface area contributed by atoms with Crippen LogP contribution in [-0.4, -0.2) is 71.1 Å². The molecule has 6 nitrogen and oxygen atoms in total. The lowest BCUT2D eigenvalue weighted by molar-refractivity contribution is -0.142. The summed E-state index contributed by atoms with van der Waals surface area (Å²) >= 11 is 0. The normalized spacial score (nSPS) is 22.9. The van der Waals surface area contributed by atoms with Gasteiger partial charge in [-0.2, -0.15) is 0 Å². The number of nitrogens with zero attached hydrogens (tertiary/aromatic N) is 2. The molecular weight excluding hydrogens is 294 g/mol. The Morgan fingerprint density at radius 1 is 1.19 bits per heavy atom. The summed E-state index contributed by atoms with van der Waals surface area (Å²) in [6.07, 6.45) is 2.10. The van der Waals surface area contributed by atoms with E-state index in [9.17, 15) is 14.7 Å². The van der Waals surface area contributed by atoms with Crippen molar-refractivity contribution >= 4 is 24.2 Å². The number of hydrogen-bond acceptors (Lipinski definition) is 4. The molecule has 0 aromatic carbocycles. The summed E-state index contributed by atoms with van der Waals surface area (Å²) in [4.78, 5) is 27.8. The molecule has 0 unspecified atom stereocenters. The lowest BCUT2D eigenvalue weighted by Gasteiger charge is -2.36. The molecule has 0 aromatic rings. The van der Waals surface area contributed by atoms with Gasteiger partial charge in [-0.15, -0.1) is 12.4 Å². The average Bonchev–Trinajstić information content (AvgIpc) is 2.90. The molecule has 2 saturated heterocycles. The number of carbonyl (C=O) groups is 2. The smallest absolute Gasteiger partial charge is 0.239 e. The number of rotatable bonds is 3. The van der Waals surface area contributed by atoms with Crippen molar-refractivity contribution in [1.82, 2.24) is 15.1 Å². The maximum absolute atomic E-state index is 12.2. The van der Waals surface area contributed by atoms with Crippen LogP contribution in [0, 0.1) is 0 Å². The third kappa shape index (κ3) is 5.13. The Bertz CT molecular complexity index is 370. The molecule has 2 amide bonds. The van der Waals surface area contributed by atoms with Gasteiger partial charge in [0.05, 0.1) is 18.1 Å². The van der Waals surface area contributed by atoms with E-state index < -0.39 is 5.60 Å². The second-order valence-electron chi connectivity index (χ2n) is 6.34. The fourth-order valence-corrected chi connectivity index (χ4v) is 2.77. The third-order valence-electron chi connectivity index (χ3n) is 3.89. The van der Waals surface area contributed by atoms with Crippen molar-refractivity contribution < 1.29 is 14.7 Å². The fourth-order valence-electron chi connectivity index (χ4n) is 2.77. The van der Waals surface area contributed by atoms with Crippen molar-refractivity contribution in [2.24, 2.45) is 0 Å². The minimum atomic E-state index is -0.974. The number of hydrogen-bond donors (Lipinski definition) is 2. The molecular formula is C14H26ClN3O3. The first-order valence-electron chi connectivity index (χ1n) is 7.39. The van der Waals surface area contributed by atoms with Crippen LogP contribution in [0.15, 0.2) is 0 Å². The van der Waals surface area contributed by atoms with E-state index in [4.69, 9.17) is 0 Å². The van der Waals surface area contributed by atoms with E-state index in [0.717, 1.165) is 19.4 Å². The Labute approximate surface area is 132 Å². The number of nitrogens with one attached hydrogen (secondary N) is 1. The Morgan fingerprint density at radius 3 is 2.24 bits per heavy atom. The number of halogens is 1. The number of aliphatic hydroxyl groups is 1. The third-order valence-corrected chi connectivity index (χ3v) is 3.89. The molecule has 7 heteroatoms. The van der Waals surface area contributed by atoms with Crippen LogP contribution in [0.5, 0.6) is 0 Å². The molecule has 2 fully saturated rings. The van der Waals surface area contributed by atoms with Crippen LogP contribution in [0.2, 0.25) is 0 Å². The van der Waals surface area contributed by atoms with E-state index in [1.165, 1.54) is 0 Å². The van der Waals surface area contributed by atoms with Gasteiger partial charge in [0, 0.05) is 26.2 Å². The van der Waals surface area contributed by atoms with Crippen LogP contribution in [0.3, 0.4) is 0 Å². The summed E-state index contributed by atoms with van der Waals surface area (Å²) in [5.41, 5.74) is -0.974. The molecule has 0 radical (unpaired) electrons. The maximum Gasteiger partial charge on any atom is 0.239 e. The molecule has 2 aliphatic rings. The number of carbonyl (C=O) groups excluding carboxylic acids is 2. The predicted octanol–water partition coefficient (Wildman–Crippen LogP) is -0.00800. The van der Waals surface area contributed by atoms with Crippen molar-refractivity contribution in [2.45, 2.75) is 44.8 Å². The first kappa shape index (κ1) is 18.2. The first-order valence-corrected chi connectivity index (χ1v) is 7.39. The van der Waals surface area contributed by atoms with Crippen molar-refractivity contribution in [2.75, 3.05) is 32.7 Å². The van der Waals surface area contributed by atoms with E-state index in [1.807, 2.05) is 4.90 Å². The zero-order valence-corrected chi connectivity index (χ0v) is 13.6. The summed E-state index contributed by atoms with van der Waals surface area (Å²) < 4.78 is 0. The standard InChI is InChI=1S/C14H25N3O3.ClH/c1-14(2,20)10-12(18)16-6-8-17(9-7-16)13(19)11-4-3-5-15-11;/h11,15,20H,3-10H2,1-2H3;1H/t11-;/m0./s1. The lowest BCUT2D eigenvalue weighted by atomic mass is 10.0. The van der Waals surface area contributed by atoms with Gasteiger partial charge < -0.3 is 20.2 Å². The van der Waals surface area contributed by atoms with Gasteiger partial charge in [0.25, 0.3) is 0 Å². The van der Waals surface area contributed by atoms with Crippen molar-refractivity contribution in [3.05, 3.63) is 0 Å². The highest BCUT2D eigenvalue weighted by Crippen LogP contribution is 2.14. The van der Waals surface area contributed by atoms with Gasteiger partial charge in [-0.1, -0.05) is 0 Å². The molecule has 2 heterocycles. The van der Waals surface area contributed by atoms with Gasteiger partial charge in [0.15, 0.2) is 0 Å². The van der Waals surface area contributed by atoms with Gasteiger partial charge in [-0.25, -0.2) is 0 Å². The van der Waals surface area contributed by atoms with Crippen LogP contribution in [0.25, 0.3) is 0 Å². The SMILES string of the molecule is CC(C)(O)CC(=O)N1CCN(C(=O)[C@@H]2CCCN2)CC1.Cl. The summed E-state index contributed by atoms with van der Waals surface area (Å²) in [6, 6.07) is -0.0337. The average molecular weight is 320 g/mol. The maximum atomic E-state index is 12.2. The molecule has 0 aromatic heterocycles. The highest BCUT2D eigenvalue weighted by atomic mass is 35.5. The molecule has 0 bridgehead atoms. The largest absolute Gasteiger partial charge is 0.390 e. The zero-order valence-electron chi connectivity index (χ0n) is 12.8. The Morgan fingerprint density at radius 2 is 1.76 bits per heavy atom. The summed E-state index contributed by atoms with van der Waals surface area (Å²) in [6.45, 7) is 6.50. The van der Waals surface area contributed by atoms with Gasteiger partial charge in [-0.3, -0.25) is 9.59 Å².